The molecule has 0 amide bonds. The lowest BCUT2D eigenvalue weighted by atomic mass is 10.1. The summed E-state index contributed by atoms with van der Waals surface area (Å²) in [5.41, 5.74) is 1.07. The summed E-state index contributed by atoms with van der Waals surface area (Å²) in [7, 11) is 0. The molecule has 3 nitrogen and oxygen atoms in total. The van der Waals surface area contributed by atoms with Crippen LogP contribution in [0.4, 0.5) is 10.2 Å². The summed E-state index contributed by atoms with van der Waals surface area (Å²) in [5, 5.41) is 3.16. The third-order valence-corrected chi connectivity index (χ3v) is 2.75. The van der Waals surface area contributed by atoms with Gasteiger partial charge in [-0.05, 0) is 43.7 Å². The van der Waals surface area contributed by atoms with Crippen molar-refractivity contribution in [2.75, 3.05) is 11.9 Å². The molecule has 0 fully saturated rings. The van der Waals surface area contributed by atoms with Crippen molar-refractivity contribution in [3.05, 3.63) is 54.0 Å². The Balaban J connectivity index is 2.11. The van der Waals surface area contributed by atoms with Crippen molar-refractivity contribution in [1.29, 1.82) is 0 Å². The average Bonchev–Trinajstić information content (AvgIpc) is 2.39. The lowest BCUT2D eigenvalue weighted by Gasteiger charge is -2.16. The highest BCUT2D eigenvalue weighted by molar-refractivity contribution is 5.39. The molecule has 19 heavy (non-hydrogen) atoms. The summed E-state index contributed by atoms with van der Waals surface area (Å²) in [6, 6.07) is 12.6. The monoisotopic (exact) mass is 260 g/mol. The van der Waals surface area contributed by atoms with E-state index in [1.165, 1.54) is 6.07 Å². The topological polar surface area (TPSA) is 34.1 Å². The SMILES string of the molecule is CCOc1cccc(C(C)Nc2cccc(F)n2)c1. The zero-order chi connectivity index (χ0) is 13.7. The minimum Gasteiger partial charge on any atom is -0.494 e. The Bertz CT molecular complexity index is 545. The van der Waals surface area contributed by atoms with Gasteiger partial charge in [-0.2, -0.15) is 4.39 Å². The van der Waals surface area contributed by atoms with Crippen LogP contribution in [0.3, 0.4) is 0 Å². The molecule has 1 atom stereocenters. The van der Waals surface area contributed by atoms with E-state index in [0.29, 0.717) is 12.4 Å². The number of hydrogen-bond acceptors (Lipinski definition) is 3. The van der Waals surface area contributed by atoms with Crippen molar-refractivity contribution in [2.45, 2.75) is 19.9 Å². The normalized spacial score (nSPS) is 11.9. The number of aromatic nitrogens is 1. The largest absolute Gasteiger partial charge is 0.494 e. The smallest absolute Gasteiger partial charge is 0.214 e. The Kier molecular flexibility index (Phi) is 4.34. The maximum Gasteiger partial charge on any atom is 0.214 e. The Labute approximate surface area is 112 Å². The van der Waals surface area contributed by atoms with Crippen LogP contribution < -0.4 is 10.1 Å². The number of benzene rings is 1. The van der Waals surface area contributed by atoms with Gasteiger partial charge in [0.25, 0.3) is 0 Å². The third-order valence-electron chi connectivity index (χ3n) is 2.75. The summed E-state index contributed by atoms with van der Waals surface area (Å²) >= 11 is 0. The summed E-state index contributed by atoms with van der Waals surface area (Å²) in [4.78, 5) is 3.79. The summed E-state index contributed by atoms with van der Waals surface area (Å²) in [6.45, 7) is 4.58. The number of halogens is 1. The first-order valence-electron chi connectivity index (χ1n) is 6.31. The summed E-state index contributed by atoms with van der Waals surface area (Å²) in [6.07, 6.45) is 0. The zero-order valence-electron chi connectivity index (χ0n) is 11.1. The van der Waals surface area contributed by atoms with Gasteiger partial charge in [0.05, 0.1) is 12.6 Å². The number of nitrogens with one attached hydrogen (secondary N) is 1. The molecular formula is C15H17FN2O. The number of hydrogen-bond donors (Lipinski definition) is 1. The van der Waals surface area contributed by atoms with Crippen LogP contribution in [-0.2, 0) is 0 Å². The van der Waals surface area contributed by atoms with Crippen molar-refractivity contribution in [3.63, 3.8) is 0 Å². The maximum absolute atomic E-state index is 13.0. The van der Waals surface area contributed by atoms with Crippen molar-refractivity contribution in [3.8, 4) is 5.75 Å². The Morgan fingerprint density at radius 2 is 2.05 bits per heavy atom. The van der Waals surface area contributed by atoms with E-state index < -0.39 is 5.95 Å². The fraction of sp³-hybridized carbons (Fsp3) is 0.267. The van der Waals surface area contributed by atoms with Crippen LogP contribution in [0.1, 0.15) is 25.5 Å². The second-order valence-electron chi connectivity index (χ2n) is 4.22. The molecule has 0 saturated heterocycles. The van der Waals surface area contributed by atoms with E-state index >= 15 is 0 Å². The third kappa shape index (κ3) is 3.68. The number of pyridine rings is 1. The zero-order valence-corrected chi connectivity index (χ0v) is 11.1. The molecule has 100 valence electrons. The van der Waals surface area contributed by atoms with Crippen LogP contribution in [0.5, 0.6) is 5.75 Å². The van der Waals surface area contributed by atoms with Gasteiger partial charge in [-0.3, -0.25) is 0 Å². The van der Waals surface area contributed by atoms with E-state index in [9.17, 15) is 4.39 Å². The van der Waals surface area contributed by atoms with Gasteiger partial charge in [-0.1, -0.05) is 18.2 Å². The highest BCUT2D eigenvalue weighted by atomic mass is 19.1. The average molecular weight is 260 g/mol. The van der Waals surface area contributed by atoms with Gasteiger partial charge in [-0.15, -0.1) is 0 Å². The lowest BCUT2D eigenvalue weighted by Crippen LogP contribution is -2.08. The van der Waals surface area contributed by atoms with Crippen molar-refractivity contribution >= 4 is 5.82 Å². The fourth-order valence-corrected chi connectivity index (χ4v) is 1.83. The lowest BCUT2D eigenvalue weighted by molar-refractivity contribution is 0.340. The van der Waals surface area contributed by atoms with E-state index in [1.807, 2.05) is 38.1 Å². The number of anilines is 1. The molecule has 1 aromatic heterocycles. The Morgan fingerprint density at radius 1 is 1.26 bits per heavy atom. The predicted octanol–water partition coefficient (Wildman–Crippen LogP) is 3.79. The second-order valence-corrected chi connectivity index (χ2v) is 4.22. The number of rotatable bonds is 5. The summed E-state index contributed by atoms with van der Waals surface area (Å²) < 4.78 is 18.5. The number of ether oxygens (including phenoxy) is 1. The molecule has 0 bridgehead atoms. The molecule has 1 heterocycles. The van der Waals surface area contributed by atoms with E-state index in [1.54, 1.807) is 12.1 Å². The van der Waals surface area contributed by atoms with Gasteiger partial charge in [0.15, 0.2) is 0 Å². The van der Waals surface area contributed by atoms with Gasteiger partial charge in [0.2, 0.25) is 5.95 Å². The minimum atomic E-state index is -0.486. The van der Waals surface area contributed by atoms with Crippen LogP contribution in [0.25, 0.3) is 0 Å². The molecule has 1 N–H and O–H groups in total. The van der Waals surface area contributed by atoms with E-state index in [2.05, 4.69) is 10.3 Å². The quantitative estimate of drug-likeness (QED) is 0.830. The highest BCUT2D eigenvalue weighted by Gasteiger charge is 2.07. The van der Waals surface area contributed by atoms with Gasteiger partial charge < -0.3 is 10.1 Å². The van der Waals surface area contributed by atoms with Gasteiger partial charge >= 0.3 is 0 Å². The Morgan fingerprint density at radius 3 is 2.79 bits per heavy atom. The molecule has 0 aliphatic rings. The molecule has 0 spiro atoms. The number of nitrogens with zero attached hydrogens (tertiary/aromatic N) is 1. The van der Waals surface area contributed by atoms with E-state index in [4.69, 9.17) is 4.74 Å². The first kappa shape index (κ1) is 13.3. The highest BCUT2D eigenvalue weighted by Crippen LogP contribution is 2.22. The molecule has 1 unspecified atom stereocenters. The van der Waals surface area contributed by atoms with Crippen molar-refractivity contribution in [1.82, 2.24) is 4.98 Å². The standard InChI is InChI=1S/C15H17FN2O/c1-3-19-13-7-4-6-12(10-13)11(2)17-15-9-5-8-14(16)18-15/h4-11H,3H2,1-2H3,(H,17,18). The van der Waals surface area contributed by atoms with Crippen molar-refractivity contribution < 1.29 is 9.13 Å². The predicted molar refractivity (Wildman–Crippen MR) is 73.8 cm³/mol. The minimum absolute atomic E-state index is 0.0229. The molecule has 0 aliphatic carbocycles. The van der Waals surface area contributed by atoms with Gasteiger partial charge in [0.1, 0.15) is 11.6 Å². The fourth-order valence-electron chi connectivity index (χ4n) is 1.83. The molecule has 0 saturated carbocycles. The van der Waals surface area contributed by atoms with Crippen LogP contribution in [0, 0.1) is 5.95 Å². The van der Waals surface area contributed by atoms with Crippen LogP contribution in [0.2, 0.25) is 0 Å². The second kappa shape index (κ2) is 6.18. The van der Waals surface area contributed by atoms with E-state index in [0.717, 1.165) is 11.3 Å². The first-order chi connectivity index (χ1) is 9.19. The molecule has 4 heteroatoms. The molecule has 0 radical (unpaired) electrons. The Hall–Kier alpha value is -2.10. The summed E-state index contributed by atoms with van der Waals surface area (Å²) in [5.74, 6) is 0.871. The molecule has 2 aromatic rings. The molecule has 2 rings (SSSR count). The maximum atomic E-state index is 13.0. The molecular weight excluding hydrogens is 243 g/mol. The molecule has 1 aromatic carbocycles. The van der Waals surface area contributed by atoms with Crippen LogP contribution in [0.15, 0.2) is 42.5 Å². The van der Waals surface area contributed by atoms with Gasteiger partial charge in [-0.25, -0.2) is 4.98 Å². The van der Waals surface area contributed by atoms with Crippen molar-refractivity contribution in [2.24, 2.45) is 0 Å². The first-order valence-corrected chi connectivity index (χ1v) is 6.31. The van der Waals surface area contributed by atoms with Crippen LogP contribution >= 0.6 is 0 Å². The molecule has 0 aliphatic heterocycles. The van der Waals surface area contributed by atoms with Gasteiger partial charge in [0, 0.05) is 0 Å². The van der Waals surface area contributed by atoms with E-state index in [-0.39, 0.29) is 6.04 Å². The van der Waals surface area contributed by atoms with Crippen LogP contribution in [-0.4, -0.2) is 11.6 Å².